The highest BCUT2D eigenvalue weighted by molar-refractivity contribution is 6.40. The normalized spacial score (nSPS) is 10.3. The van der Waals surface area contributed by atoms with Gasteiger partial charge in [0.1, 0.15) is 0 Å². The minimum Gasteiger partial charge on any atom is -0.398 e. The Morgan fingerprint density at radius 3 is 2.20 bits per heavy atom. The van der Waals surface area contributed by atoms with Gasteiger partial charge in [0.05, 0.1) is 15.7 Å². The second-order valence-electron chi connectivity index (χ2n) is 3.19. The lowest BCUT2D eigenvalue weighted by atomic mass is 10.1. The third kappa shape index (κ3) is 1.94. The van der Waals surface area contributed by atoms with E-state index in [1.165, 1.54) is 0 Å². The number of nitrogen functional groups attached to an aromatic ring is 1. The molecule has 0 radical (unpaired) electrons. The summed E-state index contributed by atoms with van der Waals surface area (Å²) in [4.78, 5) is 0. The molecule has 0 aromatic heterocycles. The highest BCUT2D eigenvalue weighted by Gasteiger charge is 2.10. The summed E-state index contributed by atoms with van der Waals surface area (Å²) >= 11 is 12.2. The third-order valence-electron chi connectivity index (χ3n) is 2.18. The summed E-state index contributed by atoms with van der Waals surface area (Å²) in [7, 11) is 0. The van der Waals surface area contributed by atoms with Gasteiger partial charge in [-0.25, -0.2) is 0 Å². The van der Waals surface area contributed by atoms with E-state index in [2.05, 4.69) is 0 Å². The lowest BCUT2D eigenvalue weighted by Gasteiger charge is -2.08. The van der Waals surface area contributed by atoms with Gasteiger partial charge in [-0.15, -0.1) is 0 Å². The van der Waals surface area contributed by atoms with Crippen molar-refractivity contribution >= 4 is 28.9 Å². The van der Waals surface area contributed by atoms with Crippen LogP contribution in [0.25, 0.3) is 11.1 Å². The molecule has 2 rings (SSSR count). The first-order chi connectivity index (χ1) is 7.20. The van der Waals surface area contributed by atoms with Crippen LogP contribution < -0.4 is 5.73 Å². The summed E-state index contributed by atoms with van der Waals surface area (Å²) < 4.78 is 0. The van der Waals surface area contributed by atoms with Crippen molar-refractivity contribution in [3.8, 4) is 11.1 Å². The molecule has 0 aliphatic carbocycles. The minimum absolute atomic E-state index is 0.508. The molecule has 76 valence electrons. The molecular formula is C12H9Cl2N. The van der Waals surface area contributed by atoms with Gasteiger partial charge in [-0.1, -0.05) is 53.5 Å². The van der Waals surface area contributed by atoms with Crippen molar-refractivity contribution in [1.82, 2.24) is 0 Å². The zero-order valence-corrected chi connectivity index (χ0v) is 9.39. The monoisotopic (exact) mass is 237 g/mol. The summed E-state index contributed by atoms with van der Waals surface area (Å²) in [5, 5.41) is 1.12. The van der Waals surface area contributed by atoms with Crippen LogP contribution in [0.2, 0.25) is 10.0 Å². The molecule has 2 aromatic rings. The van der Waals surface area contributed by atoms with Gasteiger partial charge in [0.2, 0.25) is 0 Å². The van der Waals surface area contributed by atoms with Crippen molar-refractivity contribution in [2.24, 2.45) is 0 Å². The van der Waals surface area contributed by atoms with Crippen LogP contribution in [0.5, 0.6) is 0 Å². The zero-order chi connectivity index (χ0) is 10.8. The van der Waals surface area contributed by atoms with E-state index in [-0.39, 0.29) is 0 Å². The Morgan fingerprint density at radius 2 is 1.53 bits per heavy atom. The van der Waals surface area contributed by atoms with Crippen molar-refractivity contribution < 1.29 is 0 Å². The Bertz CT molecular complexity index is 480. The predicted octanol–water partition coefficient (Wildman–Crippen LogP) is 4.24. The Kier molecular flexibility index (Phi) is 2.85. The molecule has 0 fully saturated rings. The molecule has 0 unspecified atom stereocenters. The van der Waals surface area contributed by atoms with Gasteiger partial charge in [-0.2, -0.15) is 0 Å². The molecule has 2 aromatic carbocycles. The van der Waals surface area contributed by atoms with Crippen LogP contribution in [0.4, 0.5) is 5.69 Å². The van der Waals surface area contributed by atoms with Crippen LogP contribution in [0.15, 0.2) is 42.5 Å². The predicted molar refractivity (Wildman–Crippen MR) is 66.3 cm³/mol. The Morgan fingerprint density at radius 1 is 0.867 bits per heavy atom. The van der Waals surface area contributed by atoms with Crippen LogP contribution in [0.3, 0.4) is 0 Å². The van der Waals surface area contributed by atoms with Crippen LogP contribution in [-0.4, -0.2) is 0 Å². The van der Waals surface area contributed by atoms with Crippen molar-refractivity contribution in [2.75, 3.05) is 5.73 Å². The fraction of sp³-hybridized carbons (Fsp3) is 0. The summed E-state index contributed by atoms with van der Waals surface area (Å²) in [5.41, 5.74) is 8.04. The smallest absolute Gasteiger partial charge is 0.0728 e. The van der Waals surface area contributed by atoms with E-state index in [1.54, 1.807) is 12.1 Å². The maximum atomic E-state index is 6.12. The van der Waals surface area contributed by atoms with Gasteiger partial charge in [-0.05, 0) is 17.7 Å². The van der Waals surface area contributed by atoms with Crippen molar-refractivity contribution in [1.29, 1.82) is 0 Å². The maximum absolute atomic E-state index is 6.12. The van der Waals surface area contributed by atoms with E-state index in [9.17, 15) is 0 Å². The number of hydrogen-bond acceptors (Lipinski definition) is 1. The molecule has 0 spiro atoms. The standard InChI is InChI=1S/C12H9Cl2N/c13-9-6-7-10(15)12(14)11(9)8-4-2-1-3-5-8/h1-7H,15H2. The second kappa shape index (κ2) is 4.13. The SMILES string of the molecule is Nc1ccc(Cl)c(-c2ccccc2)c1Cl. The molecule has 3 heteroatoms. The van der Waals surface area contributed by atoms with E-state index >= 15 is 0 Å². The van der Waals surface area contributed by atoms with Crippen LogP contribution in [-0.2, 0) is 0 Å². The van der Waals surface area contributed by atoms with Gasteiger partial charge in [-0.3, -0.25) is 0 Å². The van der Waals surface area contributed by atoms with Crippen LogP contribution in [0, 0.1) is 0 Å². The summed E-state index contributed by atoms with van der Waals surface area (Å²) in [5.74, 6) is 0. The average molecular weight is 238 g/mol. The molecule has 0 heterocycles. The van der Waals surface area contributed by atoms with E-state index in [0.29, 0.717) is 15.7 Å². The van der Waals surface area contributed by atoms with Crippen molar-refractivity contribution in [3.05, 3.63) is 52.5 Å². The lowest BCUT2D eigenvalue weighted by Crippen LogP contribution is -1.89. The molecule has 0 bridgehead atoms. The third-order valence-corrected chi connectivity index (χ3v) is 2.91. The summed E-state index contributed by atoms with van der Waals surface area (Å²) in [6.45, 7) is 0. The molecular weight excluding hydrogens is 229 g/mol. The number of benzene rings is 2. The highest BCUT2D eigenvalue weighted by Crippen LogP contribution is 2.37. The van der Waals surface area contributed by atoms with E-state index < -0.39 is 0 Å². The molecule has 0 aliphatic heterocycles. The van der Waals surface area contributed by atoms with E-state index in [4.69, 9.17) is 28.9 Å². The van der Waals surface area contributed by atoms with Gasteiger partial charge >= 0.3 is 0 Å². The number of nitrogens with two attached hydrogens (primary N) is 1. The quantitative estimate of drug-likeness (QED) is 0.738. The Balaban J connectivity index is 2.68. The van der Waals surface area contributed by atoms with Gasteiger partial charge in [0, 0.05) is 5.56 Å². The van der Waals surface area contributed by atoms with E-state index in [0.717, 1.165) is 11.1 Å². The summed E-state index contributed by atoms with van der Waals surface area (Å²) in [6, 6.07) is 13.2. The molecule has 0 saturated carbocycles. The van der Waals surface area contributed by atoms with Crippen molar-refractivity contribution in [2.45, 2.75) is 0 Å². The first-order valence-corrected chi connectivity index (χ1v) is 5.24. The van der Waals surface area contributed by atoms with Crippen LogP contribution in [0.1, 0.15) is 0 Å². The lowest BCUT2D eigenvalue weighted by molar-refractivity contribution is 1.61. The largest absolute Gasteiger partial charge is 0.398 e. The zero-order valence-electron chi connectivity index (χ0n) is 7.87. The fourth-order valence-corrected chi connectivity index (χ4v) is 2.03. The fourth-order valence-electron chi connectivity index (χ4n) is 1.44. The number of rotatable bonds is 1. The number of hydrogen-bond donors (Lipinski definition) is 1. The van der Waals surface area contributed by atoms with Crippen molar-refractivity contribution in [3.63, 3.8) is 0 Å². The van der Waals surface area contributed by atoms with Gasteiger partial charge in [0.25, 0.3) is 0 Å². The Hall–Kier alpha value is -1.18. The number of anilines is 1. The van der Waals surface area contributed by atoms with Gasteiger partial charge < -0.3 is 5.73 Å². The summed E-state index contributed by atoms with van der Waals surface area (Å²) in [6.07, 6.45) is 0. The first kappa shape index (κ1) is 10.3. The molecule has 0 aliphatic rings. The molecule has 0 saturated heterocycles. The molecule has 0 atom stereocenters. The molecule has 0 amide bonds. The second-order valence-corrected chi connectivity index (χ2v) is 3.98. The van der Waals surface area contributed by atoms with E-state index in [1.807, 2.05) is 30.3 Å². The first-order valence-electron chi connectivity index (χ1n) is 4.49. The van der Waals surface area contributed by atoms with Crippen LogP contribution >= 0.6 is 23.2 Å². The Labute approximate surface area is 98.4 Å². The number of halogens is 2. The topological polar surface area (TPSA) is 26.0 Å². The minimum atomic E-state index is 0.508. The average Bonchev–Trinajstić information content (AvgIpc) is 2.26. The van der Waals surface area contributed by atoms with Gasteiger partial charge in [0.15, 0.2) is 0 Å². The molecule has 2 N–H and O–H groups in total. The highest BCUT2D eigenvalue weighted by atomic mass is 35.5. The maximum Gasteiger partial charge on any atom is 0.0728 e. The molecule has 1 nitrogen and oxygen atoms in total. The molecule has 15 heavy (non-hydrogen) atoms.